The molecule has 2 aliphatic rings. The van der Waals surface area contributed by atoms with Crippen LogP contribution in [0.25, 0.3) is 0 Å². The monoisotopic (exact) mass is 231 g/mol. The Balaban J connectivity index is 1.94. The van der Waals surface area contributed by atoms with E-state index >= 15 is 0 Å². The van der Waals surface area contributed by atoms with Gasteiger partial charge in [0.2, 0.25) is 0 Å². The van der Waals surface area contributed by atoms with E-state index < -0.39 is 5.60 Å². The van der Waals surface area contributed by atoms with Crippen molar-refractivity contribution in [1.82, 2.24) is 4.90 Å². The molecule has 0 amide bonds. The minimum Gasteiger partial charge on any atom is -0.384 e. The number of fused-ring (bicyclic) bond motifs is 1. The molecular formula is C15H21NO. The van der Waals surface area contributed by atoms with Crippen molar-refractivity contribution in [3.05, 3.63) is 35.9 Å². The van der Waals surface area contributed by atoms with Crippen LogP contribution in [0.3, 0.4) is 0 Å². The molecule has 1 aromatic carbocycles. The zero-order valence-corrected chi connectivity index (χ0v) is 10.3. The summed E-state index contributed by atoms with van der Waals surface area (Å²) in [5.74, 6) is 0. The molecule has 2 saturated heterocycles. The van der Waals surface area contributed by atoms with Gasteiger partial charge in [-0.15, -0.1) is 0 Å². The van der Waals surface area contributed by atoms with Crippen LogP contribution in [-0.2, 0) is 5.60 Å². The molecule has 3 rings (SSSR count). The van der Waals surface area contributed by atoms with E-state index in [0.29, 0.717) is 6.04 Å². The summed E-state index contributed by atoms with van der Waals surface area (Å²) in [4.78, 5) is 2.50. The van der Waals surface area contributed by atoms with Crippen LogP contribution in [0, 0.1) is 0 Å². The Hall–Kier alpha value is -0.860. The number of hydrogen-bond donors (Lipinski definition) is 1. The molecule has 17 heavy (non-hydrogen) atoms. The van der Waals surface area contributed by atoms with Gasteiger partial charge in [-0.2, -0.15) is 0 Å². The molecule has 2 atom stereocenters. The maximum absolute atomic E-state index is 11.1. The van der Waals surface area contributed by atoms with Crippen molar-refractivity contribution in [3.8, 4) is 0 Å². The van der Waals surface area contributed by atoms with Gasteiger partial charge in [0, 0.05) is 6.04 Å². The van der Waals surface area contributed by atoms with Crippen LogP contribution in [0.2, 0.25) is 0 Å². The van der Waals surface area contributed by atoms with Crippen molar-refractivity contribution >= 4 is 0 Å². The van der Waals surface area contributed by atoms with Crippen LogP contribution in [0.4, 0.5) is 0 Å². The van der Waals surface area contributed by atoms with Crippen molar-refractivity contribution in [2.24, 2.45) is 0 Å². The summed E-state index contributed by atoms with van der Waals surface area (Å²) in [6.45, 7) is 2.33. The SMILES string of the molecule is O[C@@]1(c2ccccc2)CCCN2CCCCC21. The highest BCUT2D eigenvalue weighted by Gasteiger charge is 2.44. The Kier molecular flexibility index (Phi) is 2.93. The molecule has 0 aliphatic carbocycles. The maximum atomic E-state index is 11.1. The Morgan fingerprint density at radius 2 is 1.82 bits per heavy atom. The van der Waals surface area contributed by atoms with Crippen LogP contribution in [0.5, 0.6) is 0 Å². The molecule has 0 aromatic heterocycles. The van der Waals surface area contributed by atoms with Gasteiger partial charge in [-0.05, 0) is 44.3 Å². The second-order valence-corrected chi connectivity index (χ2v) is 5.44. The smallest absolute Gasteiger partial charge is 0.105 e. The summed E-state index contributed by atoms with van der Waals surface area (Å²) < 4.78 is 0. The van der Waals surface area contributed by atoms with Crippen molar-refractivity contribution in [2.45, 2.75) is 43.7 Å². The minimum atomic E-state index is -0.611. The molecule has 2 heterocycles. The highest BCUT2D eigenvalue weighted by molar-refractivity contribution is 5.25. The highest BCUT2D eigenvalue weighted by Crippen LogP contribution is 2.40. The molecule has 2 fully saturated rings. The lowest BCUT2D eigenvalue weighted by Crippen LogP contribution is -2.56. The van der Waals surface area contributed by atoms with Crippen LogP contribution < -0.4 is 0 Å². The lowest BCUT2D eigenvalue weighted by molar-refractivity contribution is -0.0995. The zero-order valence-electron chi connectivity index (χ0n) is 10.3. The Morgan fingerprint density at radius 1 is 1.06 bits per heavy atom. The van der Waals surface area contributed by atoms with Gasteiger partial charge >= 0.3 is 0 Å². The van der Waals surface area contributed by atoms with Gasteiger partial charge < -0.3 is 5.11 Å². The van der Waals surface area contributed by atoms with Crippen LogP contribution >= 0.6 is 0 Å². The highest BCUT2D eigenvalue weighted by atomic mass is 16.3. The summed E-state index contributed by atoms with van der Waals surface area (Å²) in [6.07, 6.45) is 5.73. The normalized spacial score (nSPS) is 34.3. The molecule has 0 spiro atoms. The van der Waals surface area contributed by atoms with Gasteiger partial charge in [-0.25, -0.2) is 0 Å². The van der Waals surface area contributed by atoms with E-state index in [4.69, 9.17) is 0 Å². The third kappa shape index (κ3) is 1.90. The molecule has 1 aromatic rings. The van der Waals surface area contributed by atoms with E-state index in [2.05, 4.69) is 17.0 Å². The average molecular weight is 231 g/mol. The first-order valence-electron chi connectivity index (χ1n) is 6.83. The number of rotatable bonds is 1. The first-order valence-corrected chi connectivity index (χ1v) is 6.83. The summed E-state index contributed by atoms with van der Waals surface area (Å²) in [5, 5.41) is 11.1. The van der Waals surface area contributed by atoms with E-state index in [-0.39, 0.29) is 0 Å². The molecule has 92 valence electrons. The molecule has 2 nitrogen and oxygen atoms in total. The molecule has 0 bridgehead atoms. The van der Waals surface area contributed by atoms with Crippen LogP contribution in [0.15, 0.2) is 30.3 Å². The first kappa shape index (κ1) is 11.2. The van der Waals surface area contributed by atoms with Gasteiger partial charge in [-0.3, -0.25) is 4.90 Å². The van der Waals surface area contributed by atoms with Gasteiger partial charge in [0.1, 0.15) is 5.60 Å². The quantitative estimate of drug-likeness (QED) is 0.803. The van der Waals surface area contributed by atoms with E-state index in [0.717, 1.165) is 24.8 Å². The number of aliphatic hydroxyl groups is 1. The van der Waals surface area contributed by atoms with E-state index in [1.807, 2.05) is 18.2 Å². The van der Waals surface area contributed by atoms with Gasteiger partial charge in [-0.1, -0.05) is 36.8 Å². The minimum absolute atomic E-state index is 0.340. The summed E-state index contributed by atoms with van der Waals surface area (Å²) in [5.41, 5.74) is 0.497. The van der Waals surface area contributed by atoms with Gasteiger partial charge in [0.15, 0.2) is 0 Å². The topological polar surface area (TPSA) is 23.5 Å². The van der Waals surface area contributed by atoms with Crippen molar-refractivity contribution in [2.75, 3.05) is 13.1 Å². The number of piperidine rings is 2. The number of benzene rings is 1. The zero-order chi connectivity index (χ0) is 11.7. The van der Waals surface area contributed by atoms with E-state index in [1.54, 1.807) is 0 Å². The van der Waals surface area contributed by atoms with Crippen LogP contribution in [0.1, 0.15) is 37.7 Å². The third-order valence-corrected chi connectivity index (χ3v) is 4.44. The average Bonchev–Trinajstić information content (AvgIpc) is 2.40. The standard InChI is InChI=1S/C15H21NO/c17-15(13-7-2-1-3-8-13)10-6-12-16-11-5-4-9-14(15)16/h1-3,7-8,14,17H,4-6,9-12H2/t14?,15-/m1/s1. The lowest BCUT2D eigenvalue weighted by atomic mass is 9.75. The summed E-state index contributed by atoms with van der Waals surface area (Å²) >= 11 is 0. The van der Waals surface area contributed by atoms with Crippen LogP contribution in [-0.4, -0.2) is 29.1 Å². The number of nitrogens with zero attached hydrogens (tertiary/aromatic N) is 1. The second-order valence-electron chi connectivity index (χ2n) is 5.44. The van der Waals surface area contributed by atoms with Crippen molar-refractivity contribution in [3.63, 3.8) is 0 Å². The summed E-state index contributed by atoms with van der Waals surface area (Å²) in [7, 11) is 0. The predicted molar refractivity (Wildman–Crippen MR) is 68.8 cm³/mol. The Bertz CT molecular complexity index is 376. The molecular weight excluding hydrogens is 210 g/mol. The van der Waals surface area contributed by atoms with E-state index in [9.17, 15) is 5.11 Å². The fraction of sp³-hybridized carbons (Fsp3) is 0.600. The molecule has 0 radical (unpaired) electrons. The molecule has 2 heteroatoms. The van der Waals surface area contributed by atoms with Gasteiger partial charge in [0.25, 0.3) is 0 Å². The molecule has 2 aliphatic heterocycles. The third-order valence-electron chi connectivity index (χ3n) is 4.44. The number of hydrogen-bond acceptors (Lipinski definition) is 2. The van der Waals surface area contributed by atoms with Crippen molar-refractivity contribution in [1.29, 1.82) is 0 Å². The lowest BCUT2D eigenvalue weighted by Gasteiger charge is -2.49. The maximum Gasteiger partial charge on any atom is 0.105 e. The predicted octanol–water partition coefficient (Wildman–Crippen LogP) is 2.52. The van der Waals surface area contributed by atoms with Gasteiger partial charge in [0.05, 0.1) is 0 Å². The summed E-state index contributed by atoms with van der Waals surface area (Å²) in [6, 6.07) is 10.6. The Labute approximate surface area is 103 Å². The fourth-order valence-corrected chi connectivity index (χ4v) is 3.58. The van der Waals surface area contributed by atoms with Crippen molar-refractivity contribution < 1.29 is 5.11 Å². The Morgan fingerprint density at radius 3 is 2.65 bits per heavy atom. The largest absolute Gasteiger partial charge is 0.384 e. The molecule has 0 saturated carbocycles. The molecule has 1 N–H and O–H groups in total. The molecule has 1 unspecified atom stereocenters. The first-order chi connectivity index (χ1) is 8.31. The second kappa shape index (κ2) is 4.43. The van der Waals surface area contributed by atoms with E-state index in [1.165, 1.54) is 25.9 Å². The fourth-order valence-electron chi connectivity index (χ4n) is 3.58.